The lowest BCUT2D eigenvalue weighted by Gasteiger charge is -2.33. The maximum absolute atomic E-state index is 13.1. The van der Waals surface area contributed by atoms with Crippen molar-refractivity contribution in [2.75, 3.05) is 33.8 Å². The number of Topliss-reactive ketones (excluding diaryl/α,β-unsaturated/α-hetero) is 1. The summed E-state index contributed by atoms with van der Waals surface area (Å²) in [6, 6.07) is 0. The fourth-order valence-electron chi connectivity index (χ4n) is 5.31. The van der Waals surface area contributed by atoms with E-state index in [0.29, 0.717) is 12.2 Å². The van der Waals surface area contributed by atoms with Crippen LogP contribution in [0.25, 0.3) is 0 Å². The van der Waals surface area contributed by atoms with Crippen molar-refractivity contribution in [3.05, 3.63) is 0 Å². The Balaban J connectivity index is 4.12. The molecule has 0 bridgehead atoms. The summed E-state index contributed by atoms with van der Waals surface area (Å²) in [5, 5.41) is 0. The zero-order valence-electron chi connectivity index (χ0n) is 26.4. The summed E-state index contributed by atoms with van der Waals surface area (Å²) in [5.41, 5.74) is 0. The second-order valence-corrected chi connectivity index (χ2v) is 12.5. The Bertz CT molecular complexity index is 476. The molecule has 3 heteroatoms. The summed E-state index contributed by atoms with van der Waals surface area (Å²) < 4.78 is 7.17. The molecular formula is C34H70NO2+. The van der Waals surface area contributed by atoms with Crippen LogP contribution in [-0.2, 0) is 9.53 Å². The molecule has 37 heavy (non-hydrogen) atoms. The Morgan fingerprint density at radius 1 is 0.541 bits per heavy atom. The van der Waals surface area contributed by atoms with Gasteiger partial charge in [0.1, 0.15) is 6.54 Å². The monoisotopic (exact) mass is 525 g/mol. The lowest BCUT2D eigenvalue weighted by atomic mass is 10.0. The van der Waals surface area contributed by atoms with Crippen LogP contribution in [0, 0.1) is 0 Å². The summed E-state index contributed by atoms with van der Waals surface area (Å²) in [6.07, 6.45) is 30.8. The van der Waals surface area contributed by atoms with Gasteiger partial charge < -0.3 is 9.22 Å². The van der Waals surface area contributed by atoms with Gasteiger partial charge in [-0.15, -0.1) is 0 Å². The molecule has 0 spiro atoms. The molecule has 0 saturated carbocycles. The predicted molar refractivity (Wildman–Crippen MR) is 164 cm³/mol. The molecule has 0 aromatic rings. The molecular weight excluding hydrogens is 454 g/mol. The van der Waals surface area contributed by atoms with Crippen LogP contribution >= 0.6 is 0 Å². The highest BCUT2D eigenvalue weighted by Crippen LogP contribution is 2.15. The first-order valence-corrected chi connectivity index (χ1v) is 16.9. The molecule has 1 unspecified atom stereocenters. The minimum Gasteiger partial charge on any atom is -0.364 e. The summed E-state index contributed by atoms with van der Waals surface area (Å²) in [5.74, 6) is 0.351. The minimum atomic E-state index is -0.214. The van der Waals surface area contributed by atoms with Gasteiger partial charge in [-0.3, -0.25) is 4.79 Å². The molecule has 0 aromatic carbocycles. The molecule has 0 saturated heterocycles. The van der Waals surface area contributed by atoms with Crippen molar-refractivity contribution in [3.8, 4) is 0 Å². The molecule has 0 aliphatic carbocycles. The van der Waals surface area contributed by atoms with Gasteiger partial charge in [0.25, 0.3) is 0 Å². The van der Waals surface area contributed by atoms with E-state index in [1.165, 1.54) is 135 Å². The quantitative estimate of drug-likeness (QED) is 0.0690. The normalized spacial score (nSPS) is 12.8. The number of ketones is 1. The van der Waals surface area contributed by atoms with Crippen LogP contribution in [0.15, 0.2) is 0 Å². The van der Waals surface area contributed by atoms with Crippen LogP contribution in [0.1, 0.15) is 175 Å². The lowest BCUT2D eigenvalue weighted by Crippen LogP contribution is -2.49. The van der Waals surface area contributed by atoms with Crippen LogP contribution in [0.5, 0.6) is 0 Å². The fourth-order valence-corrected chi connectivity index (χ4v) is 5.31. The second-order valence-electron chi connectivity index (χ2n) is 12.5. The number of nitrogens with zero attached hydrogens (tertiary/aromatic N) is 1. The Hall–Kier alpha value is -0.410. The number of hydrogen-bond acceptors (Lipinski definition) is 2. The van der Waals surface area contributed by atoms with E-state index in [0.717, 1.165) is 37.0 Å². The van der Waals surface area contributed by atoms with Crippen LogP contribution in [0.3, 0.4) is 0 Å². The fraction of sp³-hybridized carbons (Fsp3) is 0.971. The average Bonchev–Trinajstić information content (AvgIpc) is 2.88. The van der Waals surface area contributed by atoms with Gasteiger partial charge in [0, 0.05) is 13.0 Å². The summed E-state index contributed by atoms with van der Waals surface area (Å²) >= 11 is 0. The van der Waals surface area contributed by atoms with E-state index in [9.17, 15) is 4.79 Å². The van der Waals surface area contributed by atoms with E-state index >= 15 is 0 Å². The topological polar surface area (TPSA) is 26.3 Å². The molecule has 0 fully saturated rings. The number of hydrogen-bond donors (Lipinski definition) is 0. The Labute approximate surface area is 234 Å². The summed E-state index contributed by atoms with van der Waals surface area (Å²) in [7, 11) is 4.53. The molecule has 222 valence electrons. The van der Waals surface area contributed by atoms with Gasteiger partial charge in [-0.05, 0) is 19.3 Å². The molecule has 0 heterocycles. The first kappa shape index (κ1) is 36.6. The highest BCUT2D eigenvalue weighted by molar-refractivity contribution is 5.83. The Morgan fingerprint density at radius 2 is 0.919 bits per heavy atom. The zero-order chi connectivity index (χ0) is 27.5. The van der Waals surface area contributed by atoms with Gasteiger partial charge in [-0.1, -0.05) is 149 Å². The SMILES string of the molecule is CCCCCCCCCCCCCCOC(C[N+](C)(C)CCCC)C(=O)CCCCCCCCCCC. The smallest absolute Gasteiger partial charge is 0.167 e. The molecule has 0 amide bonds. The third-order valence-corrected chi connectivity index (χ3v) is 7.98. The van der Waals surface area contributed by atoms with Gasteiger partial charge in [0.15, 0.2) is 11.9 Å². The van der Waals surface area contributed by atoms with Crippen LogP contribution < -0.4 is 0 Å². The highest BCUT2D eigenvalue weighted by atomic mass is 16.5. The third-order valence-electron chi connectivity index (χ3n) is 7.98. The number of carbonyl (C=O) groups excluding carboxylic acids is 1. The lowest BCUT2D eigenvalue weighted by molar-refractivity contribution is -0.892. The van der Waals surface area contributed by atoms with Crippen LogP contribution in [-0.4, -0.2) is 50.2 Å². The highest BCUT2D eigenvalue weighted by Gasteiger charge is 2.27. The van der Waals surface area contributed by atoms with Crippen LogP contribution in [0.4, 0.5) is 0 Å². The Morgan fingerprint density at radius 3 is 1.35 bits per heavy atom. The first-order valence-electron chi connectivity index (χ1n) is 16.9. The van der Waals surface area contributed by atoms with Crippen molar-refractivity contribution >= 4 is 5.78 Å². The number of likely N-dealkylation sites (N-methyl/N-ethyl adjacent to an activating group) is 1. The van der Waals surface area contributed by atoms with E-state index < -0.39 is 0 Å². The molecule has 0 aromatic heterocycles. The molecule has 0 N–H and O–H groups in total. The zero-order valence-corrected chi connectivity index (χ0v) is 26.4. The van der Waals surface area contributed by atoms with Gasteiger partial charge in [-0.25, -0.2) is 0 Å². The molecule has 0 aliphatic rings. The van der Waals surface area contributed by atoms with Gasteiger partial charge in [0.2, 0.25) is 0 Å². The van der Waals surface area contributed by atoms with E-state index in [2.05, 4.69) is 34.9 Å². The number of quaternary nitrogens is 1. The summed E-state index contributed by atoms with van der Waals surface area (Å²) in [6.45, 7) is 9.51. The molecule has 0 radical (unpaired) electrons. The molecule has 0 aliphatic heterocycles. The maximum Gasteiger partial charge on any atom is 0.167 e. The van der Waals surface area contributed by atoms with Gasteiger partial charge in [-0.2, -0.15) is 0 Å². The van der Waals surface area contributed by atoms with Gasteiger partial charge in [0.05, 0.1) is 20.6 Å². The van der Waals surface area contributed by atoms with E-state index in [4.69, 9.17) is 4.74 Å². The number of carbonyl (C=O) groups is 1. The Kier molecular flexibility index (Phi) is 26.9. The van der Waals surface area contributed by atoms with Crippen molar-refractivity contribution in [1.29, 1.82) is 0 Å². The third kappa shape index (κ3) is 25.6. The maximum atomic E-state index is 13.1. The average molecular weight is 525 g/mol. The largest absolute Gasteiger partial charge is 0.364 e. The van der Waals surface area contributed by atoms with Gasteiger partial charge >= 0.3 is 0 Å². The minimum absolute atomic E-state index is 0.214. The van der Waals surface area contributed by atoms with E-state index in [1.807, 2.05) is 0 Å². The van der Waals surface area contributed by atoms with Crippen molar-refractivity contribution < 1.29 is 14.0 Å². The van der Waals surface area contributed by atoms with Crippen molar-refractivity contribution in [3.63, 3.8) is 0 Å². The molecule has 3 nitrogen and oxygen atoms in total. The van der Waals surface area contributed by atoms with Crippen molar-refractivity contribution in [1.82, 2.24) is 0 Å². The predicted octanol–water partition coefficient (Wildman–Crippen LogP) is 10.4. The van der Waals surface area contributed by atoms with E-state index in [1.54, 1.807) is 0 Å². The number of ether oxygens (including phenoxy) is 1. The van der Waals surface area contributed by atoms with Crippen molar-refractivity contribution in [2.24, 2.45) is 0 Å². The molecule has 0 rings (SSSR count). The molecule has 1 atom stereocenters. The number of unbranched alkanes of at least 4 members (excludes halogenated alkanes) is 20. The van der Waals surface area contributed by atoms with E-state index in [-0.39, 0.29) is 6.10 Å². The first-order chi connectivity index (χ1) is 18.0. The van der Waals surface area contributed by atoms with Crippen LogP contribution in [0.2, 0.25) is 0 Å². The number of rotatable bonds is 30. The van der Waals surface area contributed by atoms with Crippen molar-refractivity contribution in [2.45, 2.75) is 181 Å². The second kappa shape index (κ2) is 27.2. The standard InChI is InChI=1S/C34H70NO2/c1-6-9-12-14-16-18-19-20-22-24-26-28-31-37-34(32-35(4,5)30-11-8-3)33(36)29-27-25-23-21-17-15-13-10-7-2/h34H,6-32H2,1-5H3/q+1. The summed E-state index contributed by atoms with van der Waals surface area (Å²) in [4.78, 5) is 13.1.